The SMILES string of the molecule is CCCCCCCCCCCCCCCCNC(Cc1c[nH]c2ccccc12)C(=O)O. The van der Waals surface area contributed by atoms with E-state index in [1.807, 2.05) is 30.5 Å². The van der Waals surface area contributed by atoms with Gasteiger partial charge in [0, 0.05) is 23.5 Å². The van der Waals surface area contributed by atoms with Gasteiger partial charge in [-0.05, 0) is 24.6 Å². The van der Waals surface area contributed by atoms with Crippen molar-refractivity contribution in [1.29, 1.82) is 0 Å². The molecule has 0 fully saturated rings. The highest BCUT2D eigenvalue weighted by Crippen LogP contribution is 2.19. The minimum absolute atomic E-state index is 0.512. The number of rotatable bonds is 19. The summed E-state index contributed by atoms with van der Waals surface area (Å²) in [5.41, 5.74) is 2.13. The average molecular weight is 429 g/mol. The largest absolute Gasteiger partial charge is 0.480 e. The summed E-state index contributed by atoms with van der Waals surface area (Å²) < 4.78 is 0. The Labute approximate surface area is 189 Å². The Morgan fingerprint density at radius 2 is 1.42 bits per heavy atom. The fourth-order valence-electron chi connectivity index (χ4n) is 4.36. The van der Waals surface area contributed by atoms with Crippen molar-refractivity contribution in [3.8, 4) is 0 Å². The average Bonchev–Trinajstić information content (AvgIpc) is 3.18. The first kappa shape index (κ1) is 25.5. The van der Waals surface area contributed by atoms with Gasteiger partial charge in [0.25, 0.3) is 0 Å². The zero-order valence-electron chi connectivity index (χ0n) is 19.6. The summed E-state index contributed by atoms with van der Waals surface area (Å²) in [7, 11) is 0. The van der Waals surface area contributed by atoms with Gasteiger partial charge in [-0.3, -0.25) is 4.79 Å². The predicted octanol–water partition coefficient (Wildman–Crippen LogP) is 7.23. The molecule has 0 amide bonds. The molecule has 0 spiro atoms. The summed E-state index contributed by atoms with van der Waals surface area (Å²) >= 11 is 0. The normalized spacial score (nSPS) is 12.4. The molecule has 0 bridgehead atoms. The highest BCUT2D eigenvalue weighted by molar-refractivity contribution is 5.84. The Morgan fingerprint density at radius 1 is 0.871 bits per heavy atom. The topological polar surface area (TPSA) is 65.1 Å². The second-order valence-electron chi connectivity index (χ2n) is 9.00. The van der Waals surface area contributed by atoms with Crippen LogP contribution in [0.15, 0.2) is 30.5 Å². The summed E-state index contributed by atoms with van der Waals surface area (Å²) in [5, 5.41) is 14.0. The van der Waals surface area contributed by atoms with Gasteiger partial charge in [-0.1, -0.05) is 109 Å². The molecule has 1 atom stereocenters. The van der Waals surface area contributed by atoms with Gasteiger partial charge in [0.05, 0.1) is 0 Å². The van der Waals surface area contributed by atoms with Gasteiger partial charge in [-0.2, -0.15) is 0 Å². The van der Waals surface area contributed by atoms with Gasteiger partial charge in [0.2, 0.25) is 0 Å². The van der Waals surface area contributed by atoms with Gasteiger partial charge < -0.3 is 15.4 Å². The third kappa shape index (κ3) is 10.4. The number of nitrogens with one attached hydrogen (secondary N) is 2. The Balaban J connectivity index is 1.47. The van der Waals surface area contributed by atoms with Crippen molar-refractivity contribution in [2.45, 2.75) is 109 Å². The molecule has 2 aromatic rings. The molecule has 0 saturated heterocycles. The number of fused-ring (bicyclic) bond motifs is 1. The first-order valence-corrected chi connectivity index (χ1v) is 12.7. The van der Waals surface area contributed by atoms with Crippen LogP contribution in [0.3, 0.4) is 0 Å². The molecule has 1 unspecified atom stereocenters. The van der Waals surface area contributed by atoms with E-state index in [0.717, 1.165) is 29.4 Å². The van der Waals surface area contributed by atoms with Crippen LogP contribution >= 0.6 is 0 Å². The van der Waals surface area contributed by atoms with Gasteiger partial charge in [-0.25, -0.2) is 0 Å². The van der Waals surface area contributed by atoms with Crippen LogP contribution in [0.25, 0.3) is 10.9 Å². The summed E-state index contributed by atoms with van der Waals surface area (Å²) in [4.78, 5) is 14.9. The lowest BCUT2D eigenvalue weighted by Crippen LogP contribution is -2.39. The zero-order chi connectivity index (χ0) is 22.2. The van der Waals surface area contributed by atoms with Gasteiger partial charge in [0.1, 0.15) is 6.04 Å². The lowest BCUT2D eigenvalue weighted by Gasteiger charge is -2.14. The van der Waals surface area contributed by atoms with Crippen molar-refractivity contribution in [3.63, 3.8) is 0 Å². The standard InChI is InChI=1S/C27H44N2O2/c1-2-3-4-5-6-7-8-9-10-11-12-13-14-17-20-28-26(27(30)31)21-23-22-29-25-19-16-15-18-24(23)25/h15-16,18-19,22,26,28-29H,2-14,17,20-21H2,1H3,(H,30,31). The molecule has 1 aromatic carbocycles. The summed E-state index contributed by atoms with van der Waals surface area (Å²) in [6.07, 6.45) is 21.2. The maximum absolute atomic E-state index is 11.7. The lowest BCUT2D eigenvalue weighted by molar-refractivity contribution is -0.139. The van der Waals surface area contributed by atoms with Crippen LogP contribution in [0.4, 0.5) is 0 Å². The Hall–Kier alpha value is -1.81. The van der Waals surface area contributed by atoms with E-state index in [1.165, 1.54) is 83.5 Å². The molecule has 0 aliphatic rings. The van der Waals surface area contributed by atoms with E-state index in [4.69, 9.17) is 0 Å². The third-order valence-electron chi connectivity index (χ3n) is 6.32. The third-order valence-corrected chi connectivity index (χ3v) is 6.32. The highest BCUT2D eigenvalue weighted by Gasteiger charge is 2.18. The van der Waals surface area contributed by atoms with E-state index >= 15 is 0 Å². The number of benzene rings is 1. The number of hydrogen-bond donors (Lipinski definition) is 3. The van der Waals surface area contributed by atoms with Crippen molar-refractivity contribution in [3.05, 3.63) is 36.0 Å². The molecule has 0 aliphatic heterocycles. The van der Waals surface area contributed by atoms with Gasteiger partial charge in [0.15, 0.2) is 0 Å². The van der Waals surface area contributed by atoms with Crippen LogP contribution in [-0.4, -0.2) is 28.6 Å². The first-order chi connectivity index (χ1) is 15.2. The van der Waals surface area contributed by atoms with Crippen molar-refractivity contribution in [2.75, 3.05) is 6.54 Å². The summed E-state index contributed by atoms with van der Waals surface area (Å²) in [5.74, 6) is -0.768. The van der Waals surface area contributed by atoms with Crippen LogP contribution in [0.5, 0.6) is 0 Å². The number of aliphatic carboxylic acids is 1. The number of carboxylic acids is 1. The Kier molecular flexibility index (Phi) is 13.1. The van der Waals surface area contributed by atoms with Crippen LogP contribution < -0.4 is 5.32 Å². The Morgan fingerprint density at radius 3 is 2.00 bits per heavy atom. The van der Waals surface area contributed by atoms with Crippen molar-refractivity contribution in [2.24, 2.45) is 0 Å². The van der Waals surface area contributed by atoms with Crippen LogP contribution in [0.1, 0.15) is 102 Å². The van der Waals surface area contributed by atoms with Crippen molar-refractivity contribution in [1.82, 2.24) is 10.3 Å². The van der Waals surface area contributed by atoms with E-state index in [0.29, 0.717) is 6.42 Å². The smallest absolute Gasteiger partial charge is 0.321 e. The number of para-hydroxylation sites is 1. The number of hydrogen-bond acceptors (Lipinski definition) is 2. The lowest BCUT2D eigenvalue weighted by atomic mass is 10.0. The molecule has 3 N–H and O–H groups in total. The van der Waals surface area contributed by atoms with Crippen LogP contribution in [0.2, 0.25) is 0 Å². The number of aromatic amines is 1. The second-order valence-corrected chi connectivity index (χ2v) is 9.00. The molecule has 0 saturated carbocycles. The van der Waals surface area contributed by atoms with E-state index in [9.17, 15) is 9.90 Å². The molecular weight excluding hydrogens is 384 g/mol. The monoisotopic (exact) mass is 428 g/mol. The molecule has 31 heavy (non-hydrogen) atoms. The van der Waals surface area contributed by atoms with Crippen molar-refractivity contribution < 1.29 is 9.90 Å². The summed E-state index contributed by atoms with van der Waals surface area (Å²) in [6, 6.07) is 7.54. The number of H-pyrrole nitrogens is 1. The highest BCUT2D eigenvalue weighted by atomic mass is 16.4. The van der Waals surface area contributed by atoms with E-state index in [1.54, 1.807) is 0 Å². The summed E-state index contributed by atoms with van der Waals surface area (Å²) in [6.45, 7) is 3.05. The number of carboxylic acid groups (broad SMARTS) is 1. The molecular formula is C27H44N2O2. The van der Waals surface area contributed by atoms with Gasteiger partial charge in [-0.15, -0.1) is 0 Å². The molecule has 2 rings (SSSR count). The maximum atomic E-state index is 11.7. The molecule has 1 heterocycles. The fourth-order valence-corrected chi connectivity index (χ4v) is 4.36. The minimum atomic E-state index is -0.768. The van der Waals surface area contributed by atoms with E-state index in [2.05, 4.69) is 17.2 Å². The number of unbranched alkanes of at least 4 members (excludes halogenated alkanes) is 13. The molecule has 4 nitrogen and oxygen atoms in total. The molecule has 4 heteroatoms. The maximum Gasteiger partial charge on any atom is 0.321 e. The molecule has 174 valence electrons. The van der Waals surface area contributed by atoms with Crippen molar-refractivity contribution >= 4 is 16.9 Å². The van der Waals surface area contributed by atoms with Gasteiger partial charge >= 0.3 is 5.97 Å². The fraction of sp³-hybridized carbons (Fsp3) is 0.667. The molecule has 1 aromatic heterocycles. The number of aromatic nitrogens is 1. The molecule has 0 radical (unpaired) electrons. The number of carbonyl (C=O) groups is 1. The second kappa shape index (κ2) is 15.9. The Bertz CT molecular complexity index is 725. The zero-order valence-corrected chi connectivity index (χ0v) is 19.6. The first-order valence-electron chi connectivity index (χ1n) is 12.7. The van der Waals surface area contributed by atoms with E-state index in [-0.39, 0.29) is 0 Å². The quantitative estimate of drug-likeness (QED) is 0.207. The van der Waals surface area contributed by atoms with Crippen LogP contribution in [-0.2, 0) is 11.2 Å². The van der Waals surface area contributed by atoms with E-state index < -0.39 is 12.0 Å². The minimum Gasteiger partial charge on any atom is -0.480 e. The van der Waals surface area contributed by atoms with Crippen LogP contribution in [0, 0.1) is 0 Å². The predicted molar refractivity (Wildman–Crippen MR) is 132 cm³/mol. The molecule has 0 aliphatic carbocycles.